The molecule has 2 N–H and O–H groups in total. The van der Waals surface area contributed by atoms with Crippen molar-refractivity contribution in [2.24, 2.45) is 5.92 Å². The maximum Gasteiger partial charge on any atom is 0.329 e. The summed E-state index contributed by atoms with van der Waals surface area (Å²) >= 11 is 9.98. The molecule has 152 valence electrons. The number of rotatable bonds is 4. The number of nitrogens with one attached hydrogen (secondary N) is 1. The molecule has 1 saturated carbocycles. The molecular weight excluding hydrogens is 454 g/mol. The zero-order valence-electron chi connectivity index (χ0n) is 16.3. The molecule has 2 aliphatic carbocycles. The number of fused-ring (bicyclic) bond motifs is 2. The highest BCUT2D eigenvalue weighted by atomic mass is 79.9. The average Bonchev–Trinajstić information content (AvgIpc) is 3.04. The van der Waals surface area contributed by atoms with Crippen LogP contribution in [0, 0.1) is 5.92 Å². The van der Waals surface area contributed by atoms with Gasteiger partial charge in [-0.15, -0.1) is 0 Å². The Morgan fingerprint density at radius 2 is 2.07 bits per heavy atom. The average molecular weight is 477 g/mol. The number of benzene rings is 2. The van der Waals surface area contributed by atoms with Crippen LogP contribution < -0.4 is 10.1 Å². The predicted molar refractivity (Wildman–Crippen MR) is 120 cm³/mol. The summed E-state index contributed by atoms with van der Waals surface area (Å²) in [6.45, 7) is 2.01. The van der Waals surface area contributed by atoms with Crippen molar-refractivity contribution in [2.45, 2.75) is 35.5 Å². The van der Waals surface area contributed by atoms with Gasteiger partial charge in [0.2, 0.25) is 0 Å². The molecule has 0 aromatic heterocycles. The summed E-state index contributed by atoms with van der Waals surface area (Å²) in [5, 5.41) is 14.1. The third-order valence-electron chi connectivity index (χ3n) is 6.44. The van der Waals surface area contributed by atoms with Gasteiger partial charge < -0.3 is 15.2 Å². The van der Waals surface area contributed by atoms with Crippen LogP contribution in [-0.4, -0.2) is 28.6 Å². The van der Waals surface area contributed by atoms with E-state index < -0.39 is 11.5 Å². The fourth-order valence-corrected chi connectivity index (χ4v) is 6.10. The number of carboxylic acids is 1. The predicted octanol–water partition coefficient (Wildman–Crippen LogP) is 5.74. The third-order valence-corrected chi connectivity index (χ3v) is 7.82. The fraction of sp³-hybridized carbons (Fsp3) is 0.348. The molecule has 4 rings (SSSR count). The second-order valence-corrected chi connectivity index (χ2v) is 9.56. The monoisotopic (exact) mass is 475 g/mol. The minimum absolute atomic E-state index is 0.0569. The zero-order valence-corrected chi connectivity index (χ0v) is 18.6. The summed E-state index contributed by atoms with van der Waals surface area (Å²) < 4.78 is 5.44. The summed E-state index contributed by atoms with van der Waals surface area (Å²) in [7, 11) is 1.66. The molecule has 6 heteroatoms. The first-order chi connectivity index (χ1) is 13.8. The lowest BCUT2D eigenvalue weighted by atomic mass is 9.60. The van der Waals surface area contributed by atoms with Crippen molar-refractivity contribution < 1.29 is 14.6 Å². The number of alkyl halides is 1. The van der Waals surface area contributed by atoms with Crippen molar-refractivity contribution in [1.82, 2.24) is 0 Å². The first-order valence-electron chi connectivity index (χ1n) is 9.60. The van der Waals surface area contributed by atoms with Gasteiger partial charge in [-0.05, 0) is 60.2 Å². The van der Waals surface area contributed by atoms with Gasteiger partial charge >= 0.3 is 5.97 Å². The number of carbonyl (C=O) groups is 1. The number of halogens is 2. The van der Waals surface area contributed by atoms with Crippen LogP contribution in [-0.2, 0) is 10.2 Å². The highest BCUT2D eigenvalue weighted by Gasteiger charge is 2.57. The van der Waals surface area contributed by atoms with Gasteiger partial charge in [0, 0.05) is 21.0 Å². The van der Waals surface area contributed by atoms with Gasteiger partial charge in [-0.25, -0.2) is 4.79 Å². The SMILES string of the molecule is COc1ccc2c(c1)C1(C=C2)CC(C)C(Nc2cccc(Cl)c2)(C(=O)O)CC1Br. The van der Waals surface area contributed by atoms with Crippen molar-refractivity contribution in [3.8, 4) is 5.75 Å². The maximum absolute atomic E-state index is 12.5. The minimum atomic E-state index is -1.10. The van der Waals surface area contributed by atoms with E-state index in [9.17, 15) is 9.90 Å². The molecular formula is C23H23BrClNO3. The van der Waals surface area contributed by atoms with Crippen LogP contribution >= 0.6 is 27.5 Å². The van der Waals surface area contributed by atoms with E-state index in [0.717, 1.165) is 11.3 Å². The number of ether oxygens (including phenoxy) is 1. The van der Waals surface area contributed by atoms with E-state index in [1.165, 1.54) is 5.56 Å². The Labute approximate surface area is 184 Å². The summed E-state index contributed by atoms with van der Waals surface area (Å²) in [6.07, 6.45) is 5.47. The number of methoxy groups -OCH3 is 1. The van der Waals surface area contributed by atoms with Crippen LogP contribution in [0.25, 0.3) is 6.08 Å². The Balaban J connectivity index is 1.72. The summed E-state index contributed by atoms with van der Waals surface area (Å²) in [6, 6.07) is 13.3. The summed E-state index contributed by atoms with van der Waals surface area (Å²) in [5.74, 6) is -0.169. The van der Waals surface area contributed by atoms with E-state index in [0.29, 0.717) is 23.6 Å². The van der Waals surface area contributed by atoms with Gasteiger partial charge in [0.25, 0.3) is 0 Å². The lowest BCUT2D eigenvalue weighted by Crippen LogP contribution is -2.60. The molecule has 0 bridgehead atoms. The minimum Gasteiger partial charge on any atom is -0.497 e. The first-order valence-corrected chi connectivity index (χ1v) is 10.9. The van der Waals surface area contributed by atoms with E-state index >= 15 is 0 Å². The lowest BCUT2D eigenvalue weighted by molar-refractivity contribution is -0.145. The molecule has 4 unspecified atom stereocenters. The van der Waals surface area contributed by atoms with Gasteiger partial charge in [0.1, 0.15) is 11.3 Å². The van der Waals surface area contributed by atoms with Gasteiger partial charge in [-0.3, -0.25) is 0 Å². The molecule has 0 saturated heterocycles. The quantitative estimate of drug-likeness (QED) is 0.552. The van der Waals surface area contributed by atoms with Crippen molar-refractivity contribution in [1.29, 1.82) is 0 Å². The highest BCUT2D eigenvalue weighted by Crippen LogP contribution is 2.55. The molecule has 4 nitrogen and oxygen atoms in total. The Hall–Kier alpha value is -1.98. The Bertz CT molecular complexity index is 994. The van der Waals surface area contributed by atoms with Crippen molar-refractivity contribution >= 4 is 45.3 Å². The van der Waals surface area contributed by atoms with E-state index in [1.54, 1.807) is 19.2 Å². The van der Waals surface area contributed by atoms with Crippen molar-refractivity contribution in [3.05, 3.63) is 64.7 Å². The number of aliphatic carboxylic acids is 1. The number of carboxylic acid groups (broad SMARTS) is 1. The highest BCUT2D eigenvalue weighted by molar-refractivity contribution is 9.09. The number of hydrogen-bond donors (Lipinski definition) is 2. The Morgan fingerprint density at radius 3 is 2.76 bits per heavy atom. The third kappa shape index (κ3) is 3.24. The van der Waals surface area contributed by atoms with E-state index in [2.05, 4.69) is 45.5 Å². The van der Waals surface area contributed by atoms with E-state index in [4.69, 9.17) is 16.3 Å². The summed E-state index contributed by atoms with van der Waals surface area (Å²) in [5.41, 5.74) is 1.70. The summed E-state index contributed by atoms with van der Waals surface area (Å²) in [4.78, 5) is 12.5. The normalized spacial score (nSPS) is 30.2. The molecule has 4 atom stereocenters. The Morgan fingerprint density at radius 1 is 1.28 bits per heavy atom. The topological polar surface area (TPSA) is 58.6 Å². The molecule has 2 aromatic carbocycles. The number of anilines is 1. The molecule has 1 spiro atoms. The zero-order chi connectivity index (χ0) is 20.8. The molecule has 0 amide bonds. The van der Waals surface area contributed by atoms with Gasteiger partial charge in [-0.1, -0.05) is 58.7 Å². The Kier molecular flexibility index (Phi) is 5.16. The molecule has 2 aliphatic rings. The van der Waals surface area contributed by atoms with E-state index in [-0.39, 0.29) is 16.2 Å². The smallest absolute Gasteiger partial charge is 0.329 e. The molecule has 0 radical (unpaired) electrons. The van der Waals surface area contributed by atoms with Gasteiger partial charge in [0.15, 0.2) is 0 Å². The van der Waals surface area contributed by atoms with Gasteiger partial charge in [-0.2, -0.15) is 0 Å². The van der Waals surface area contributed by atoms with Crippen LogP contribution in [0.15, 0.2) is 48.5 Å². The standard InChI is InChI=1S/C23H23BrClNO3/c1-14-12-22(9-8-15-6-7-18(29-2)11-19(15)22)20(24)13-23(14,21(27)28)26-17-5-3-4-16(25)10-17/h3-11,14,20,26H,12-13H2,1-2H3,(H,27,28). The maximum atomic E-state index is 12.5. The van der Waals surface area contributed by atoms with Crippen LogP contribution in [0.1, 0.15) is 30.9 Å². The first kappa shape index (κ1) is 20.3. The number of hydrogen-bond acceptors (Lipinski definition) is 3. The molecule has 2 aromatic rings. The largest absolute Gasteiger partial charge is 0.497 e. The van der Waals surface area contributed by atoms with E-state index in [1.807, 2.05) is 25.1 Å². The van der Waals surface area contributed by atoms with Gasteiger partial charge in [0.05, 0.1) is 7.11 Å². The fourth-order valence-electron chi connectivity index (χ4n) is 4.81. The molecule has 1 fully saturated rings. The molecule has 0 heterocycles. The van der Waals surface area contributed by atoms with Crippen LogP contribution in [0.4, 0.5) is 5.69 Å². The molecule has 29 heavy (non-hydrogen) atoms. The van der Waals surface area contributed by atoms with Crippen LogP contribution in [0.2, 0.25) is 5.02 Å². The second-order valence-electron chi connectivity index (χ2n) is 8.02. The number of allylic oxidation sites excluding steroid dienone is 1. The molecule has 0 aliphatic heterocycles. The van der Waals surface area contributed by atoms with Crippen molar-refractivity contribution in [3.63, 3.8) is 0 Å². The van der Waals surface area contributed by atoms with Crippen molar-refractivity contribution in [2.75, 3.05) is 12.4 Å². The second kappa shape index (κ2) is 7.37. The van der Waals surface area contributed by atoms with Crippen LogP contribution in [0.5, 0.6) is 5.75 Å². The van der Waals surface area contributed by atoms with Crippen LogP contribution in [0.3, 0.4) is 0 Å². The lowest BCUT2D eigenvalue weighted by Gasteiger charge is -2.50.